The molecule has 0 saturated heterocycles. The van der Waals surface area contributed by atoms with E-state index < -0.39 is 0 Å². The first kappa shape index (κ1) is 19.6. The van der Waals surface area contributed by atoms with Crippen molar-refractivity contribution in [2.45, 2.75) is 19.1 Å². The summed E-state index contributed by atoms with van der Waals surface area (Å²) >= 11 is 0. The van der Waals surface area contributed by atoms with Gasteiger partial charge in [0.05, 0.1) is 12.2 Å². The number of hydrogen-bond acceptors (Lipinski definition) is 4. The van der Waals surface area contributed by atoms with E-state index in [-0.39, 0.29) is 12.0 Å². The van der Waals surface area contributed by atoms with E-state index in [0.717, 1.165) is 24.2 Å². The van der Waals surface area contributed by atoms with Gasteiger partial charge in [-0.3, -0.25) is 9.78 Å². The van der Waals surface area contributed by atoms with Gasteiger partial charge in [-0.1, -0.05) is 42.5 Å². The van der Waals surface area contributed by atoms with Gasteiger partial charge in [-0.2, -0.15) is 0 Å². The zero-order valence-electron chi connectivity index (χ0n) is 16.0. The normalized spacial score (nSPS) is 11.6. The second-order valence-corrected chi connectivity index (χ2v) is 6.44. The van der Waals surface area contributed by atoms with Crippen molar-refractivity contribution in [3.8, 4) is 5.75 Å². The van der Waals surface area contributed by atoms with Crippen LogP contribution in [0.15, 0.2) is 79.0 Å². The van der Waals surface area contributed by atoms with Gasteiger partial charge in [-0.15, -0.1) is 0 Å². The Labute approximate surface area is 165 Å². The molecule has 1 heterocycles. The summed E-state index contributed by atoms with van der Waals surface area (Å²) in [6, 6.07) is 23.0. The summed E-state index contributed by atoms with van der Waals surface area (Å²) in [6.45, 7) is 1.23. The SMILES string of the molecule is CNCCC(Oc1cccc(C(=O)NCc2ccccn2)c1)c1ccccc1. The molecule has 1 atom stereocenters. The number of hydrogen-bond donors (Lipinski definition) is 2. The number of benzene rings is 2. The lowest BCUT2D eigenvalue weighted by atomic mass is 10.1. The average Bonchev–Trinajstić information content (AvgIpc) is 2.76. The molecule has 5 nitrogen and oxygen atoms in total. The molecule has 2 N–H and O–H groups in total. The fraction of sp³-hybridized carbons (Fsp3) is 0.217. The molecule has 1 amide bonds. The predicted octanol–water partition coefficient (Wildman–Crippen LogP) is 3.74. The largest absolute Gasteiger partial charge is 0.486 e. The Bertz CT molecular complexity index is 869. The molecule has 0 aliphatic rings. The summed E-state index contributed by atoms with van der Waals surface area (Å²) in [7, 11) is 1.93. The number of carbonyl (C=O) groups excluding carboxylic acids is 1. The highest BCUT2D eigenvalue weighted by Crippen LogP contribution is 2.25. The molecule has 1 unspecified atom stereocenters. The molecule has 1 aromatic heterocycles. The first-order chi connectivity index (χ1) is 13.8. The highest BCUT2D eigenvalue weighted by atomic mass is 16.5. The fourth-order valence-electron chi connectivity index (χ4n) is 2.89. The van der Waals surface area contributed by atoms with Crippen molar-refractivity contribution in [2.75, 3.05) is 13.6 Å². The number of aromatic nitrogens is 1. The van der Waals surface area contributed by atoms with Crippen LogP contribution in [0.25, 0.3) is 0 Å². The maximum atomic E-state index is 12.5. The van der Waals surface area contributed by atoms with Crippen molar-refractivity contribution in [2.24, 2.45) is 0 Å². The quantitative estimate of drug-likeness (QED) is 0.598. The van der Waals surface area contributed by atoms with Crippen LogP contribution in [0, 0.1) is 0 Å². The van der Waals surface area contributed by atoms with Crippen molar-refractivity contribution < 1.29 is 9.53 Å². The average molecular weight is 375 g/mol. The maximum Gasteiger partial charge on any atom is 0.251 e. The van der Waals surface area contributed by atoms with Crippen molar-refractivity contribution in [1.29, 1.82) is 0 Å². The summed E-state index contributed by atoms with van der Waals surface area (Å²) in [5, 5.41) is 6.06. The van der Waals surface area contributed by atoms with Crippen LogP contribution in [-0.2, 0) is 6.54 Å². The minimum Gasteiger partial charge on any atom is -0.486 e. The molecular formula is C23H25N3O2. The van der Waals surface area contributed by atoms with E-state index in [1.807, 2.05) is 55.6 Å². The lowest BCUT2D eigenvalue weighted by Gasteiger charge is -2.20. The van der Waals surface area contributed by atoms with Gasteiger partial charge in [0, 0.05) is 18.2 Å². The maximum absolute atomic E-state index is 12.5. The molecule has 0 aliphatic heterocycles. The number of carbonyl (C=O) groups is 1. The molecule has 0 radical (unpaired) electrons. The number of nitrogens with one attached hydrogen (secondary N) is 2. The Morgan fingerprint density at radius 2 is 1.86 bits per heavy atom. The second-order valence-electron chi connectivity index (χ2n) is 6.44. The standard InChI is InChI=1S/C23H25N3O2/c1-24-15-13-22(18-8-3-2-4-9-18)28-21-12-7-10-19(16-21)23(27)26-17-20-11-5-6-14-25-20/h2-12,14,16,22,24H,13,15,17H2,1H3,(H,26,27). The highest BCUT2D eigenvalue weighted by molar-refractivity contribution is 5.94. The molecule has 5 heteroatoms. The van der Waals surface area contributed by atoms with E-state index in [1.54, 1.807) is 18.3 Å². The van der Waals surface area contributed by atoms with Gasteiger partial charge in [-0.25, -0.2) is 0 Å². The van der Waals surface area contributed by atoms with Crippen molar-refractivity contribution in [3.63, 3.8) is 0 Å². The van der Waals surface area contributed by atoms with Crippen molar-refractivity contribution in [1.82, 2.24) is 15.6 Å². The fourth-order valence-corrected chi connectivity index (χ4v) is 2.89. The van der Waals surface area contributed by atoms with Crippen LogP contribution in [0.4, 0.5) is 0 Å². The molecule has 144 valence electrons. The Morgan fingerprint density at radius 3 is 2.61 bits per heavy atom. The third-order valence-corrected chi connectivity index (χ3v) is 4.36. The minimum atomic E-state index is -0.150. The van der Waals surface area contributed by atoms with Crippen LogP contribution < -0.4 is 15.4 Å². The minimum absolute atomic E-state index is 0.0829. The molecule has 0 saturated carbocycles. The monoisotopic (exact) mass is 375 g/mol. The molecule has 0 bridgehead atoms. The molecular weight excluding hydrogens is 350 g/mol. The summed E-state index contributed by atoms with van der Waals surface area (Å²) in [5.41, 5.74) is 2.50. The van der Waals surface area contributed by atoms with Crippen LogP contribution in [0.2, 0.25) is 0 Å². The number of rotatable bonds is 9. The van der Waals surface area contributed by atoms with E-state index in [2.05, 4.69) is 27.8 Å². The van der Waals surface area contributed by atoms with Gasteiger partial charge in [0.15, 0.2) is 0 Å². The van der Waals surface area contributed by atoms with Crippen LogP contribution in [0.3, 0.4) is 0 Å². The number of ether oxygens (including phenoxy) is 1. The van der Waals surface area contributed by atoms with Crippen molar-refractivity contribution in [3.05, 3.63) is 95.8 Å². The summed E-state index contributed by atoms with van der Waals surface area (Å²) in [4.78, 5) is 16.7. The summed E-state index contributed by atoms with van der Waals surface area (Å²) in [5.74, 6) is 0.526. The van der Waals surface area contributed by atoms with Crippen LogP contribution in [0.1, 0.15) is 34.1 Å². The zero-order chi connectivity index (χ0) is 19.6. The van der Waals surface area contributed by atoms with Crippen molar-refractivity contribution >= 4 is 5.91 Å². The van der Waals surface area contributed by atoms with Gasteiger partial charge in [0.2, 0.25) is 0 Å². The molecule has 0 aliphatic carbocycles. The van der Waals surface area contributed by atoms with Gasteiger partial charge in [0.25, 0.3) is 5.91 Å². The Hall–Kier alpha value is -3.18. The number of amides is 1. The third-order valence-electron chi connectivity index (χ3n) is 4.36. The van der Waals surface area contributed by atoms with Gasteiger partial charge in [0.1, 0.15) is 11.9 Å². The van der Waals surface area contributed by atoms with Gasteiger partial charge >= 0.3 is 0 Å². The lowest BCUT2D eigenvalue weighted by Crippen LogP contribution is -2.23. The van der Waals surface area contributed by atoms with E-state index >= 15 is 0 Å². The first-order valence-corrected chi connectivity index (χ1v) is 9.40. The number of nitrogens with zero attached hydrogens (tertiary/aromatic N) is 1. The molecule has 0 spiro atoms. The number of pyridine rings is 1. The topological polar surface area (TPSA) is 63.2 Å². The van der Waals surface area contributed by atoms with Crippen LogP contribution in [-0.4, -0.2) is 24.5 Å². The van der Waals surface area contributed by atoms with E-state index in [9.17, 15) is 4.79 Å². The molecule has 28 heavy (non-hydrogen) atoms. The molecule has 3 aromatic rings. The van der Waals surface area contributed by atoms with Gasteiger partial charge < -0.3 is 15.4 Å². The van der Waals surface area contributed by atoms with Gasteiger partial charge in [-0.05, 0) is 49.5 Å². The van der Waals surface area contributed by atoms with Crippen LogP contribution in [0.5, 0.6) is 5.75 Å². The summed E-state index contributed by atoms with van der Waals surface area (Å²) in [6.07, 6.45) is 2.46. The third kappa shape index (κ3) is 5.66. The zero-order valence-corrected chi connectivity index (χ0v) is 16.0. The smallest absolute Gasteiger partial charge is 0.251 e. The van der Waals surface area contributed by atoms with Crippen LogP contribution >= 0.6 is 0 Å². The van der Waals surface area contributed by atoms with E-state index in [1.165, 1.54) is 0 Å². The highest BCUT2D eigenvalue weighted by Gasteiger charge is 2.14. The molecule has 0 fully saturated rings. The summed E-state index contributed by atoms with van der Waals surface area (Å²) < 4.78 is 6.22. The predicted molar refractivity (Wildman–Crippen MR) is 110 cm³/mol. The van der Waals surface area contributed by atoms with E-state index in [0.29, 0.717) is 17.9 Å². The Morgan fingerprint density at radius 1 is 1.04 bits per heavy atom. The molecule has 2 aromatic carbocycles. The van der Waals surface area contributed by atoms with E-state index in [4.69, 9.17) is 4.74 Å². The lowest BCUT2D eigenvalue weighted by molar-refractivity contribution is 0.0949. The Kier molecular flexibility index (Phi) is 7.15. The first-order valence-electron chi connectivity index (χ1n) is 9.40. The second kappa shape index (κ2) is 10.2. The Balaban J connectivity index is 1.67. The molecule has 3 rings (SSSR count).